The van der Waals surface area contributed by atoms with Crippen molar-refractivity contribution in [3.63, 3.8) is 0 Å². The summed E-state index contributed by atoms with van der Waals surface area (Å²) in [6.07, 6.45) is -1.14. The van der Waals surface area contributed by atoms with E-state index in [1.54, 1.807) is 0 Å². The first kappa shape index (κ1) is 35.6. The van der Waals surface area contributed by atoms with E-state index in [-0.39, 0.29) is 16.1 Å². The van der Waals surface area contributed by atoms with Gasteiger partial charge < -0.3 is 51.4 Å². The molecule has 0 aromatic carbocycles. The predicted molar refractivity (Wildman–Crippen MR) is 151 cm³/mol. The average Bonchev–Trinajstić information content (AvgIpc) is 3.43. The zero-order valence-corrected chi connectivity index (χ0v) is 26.0. The number of hydrogen-bond donors (Lipinski definition) is 9. The van der Waals surface area contributed by atoms with Crippen LogP contribution in [0.4, 0.5) is 5.95 Å². The molecule has 0 radical (unpaired) electrons. The molecule has 3 heterocycles. The van der Waals surface area contributed by atoms with Crippen LogP contribution in [0.3, 0.4) is 0 Å². The fraction of sp³-hybridized carbons (Fsp3) is 0.667. The van der Waals surface area contributed by atoms with Gasteiger partial charge in [-0.25, -0.2) is 23.7 Å². The molecule has 1 aliphatic rings. The molecule has 0 saturated carbocycles. The number of phosphoric ester groups is 1. The van der Waals surface area contributed by atoms with E-state index >= 15 is 0 Å². The number of fused-ring (bicyclic) bond motifs is 1. The van der Waals surface area contributed by atoms with Crippen molar-refractivity contribution < 1.29 is 61.0 Å². The number of aromatic nitrogens is 4. The van der Waals surface area contributed by atoms with Gasteiger partial charge in [0.05, 0.1) is 12.9 Å². The van der Waals surface area contributed by atoms with Crippen LogP contribution < -0.4 is 16.8 Å². The Morgan fingerprint density at radius 2 is 1.86 bits per heavy atom. The Kier molecular flexibility index (Phi) is 12.4. The van der Waals surface area contributed by atoms with Crippen molar-refractivity contribution in [2.75, 3.05) is 32.1 Å². The quantitative estimate of drug-likeness (QED) is 0.0354. The average molecular weight is 694 g/mol. The van der Waals surface area contributed by atoms with Crippen molar-refractivity contribution >= 4 is 58.8 Å². The first-order valence-corrected chi connectivity index (χ1v) is 17.3. The lowest BCUT2D eigenvalue weighted by atomic mass is 10.1. The third-order valence-electron chi connectivity index (χ3n) is 5.76. The maximum absolute atomic E-state index is 12.6. The number of rotatable bonds is 17. The molecule has 0 bridgehead atoms. The van der Waals surface area contributed by atoms with Gasteiger partial charge in [-0.15, -0.1) is 0 Å². The fourth-order valence-corrected chi connectivity index (χ4v) is 7.47. The normalized spacial score (nSPS) is 23.6. The Bertz CT molecular complexity index is 1480. The standard InChI is InChI=1S/C18H33N8O13P3S/c1-35-42(34,39-41(32,33)38-40(29,30)31)36-8-10-12(27)13(28)16(37-10)26-9-23-11-14(26)24-18(25-15(11)43)22-7-5-3-2-4-6-21-17(19)20/h9-10,12-13,16,27-28H,2-8H2,1H3,(H,32,33)(H4,19,20,21)(H2,29,30,31)(H2,22,24,25,43)/t10-,12?,13+,16-,42?/m1/s1. The van der Waals surface area contributed by atoms with Gasteiger partial charge in [-0.1, -0.05) is 25.1 Å². The molecule has 0 spiro atoms. The highest BCUT2D eigenvalue weighted by Gasteiger charge is 2.47. The summed E-state index contributed by atoms with van der Waals surface area (Å²) < 4.78 is 59.5. The van der Waals surface area contributed by atoms with Crippen molar-refractivity contribution in [2.24, 2.45) is 16.5 Å². The van der Waals surface area contributed by atoms with Crippen LogP contribution in [-0.2, 0) is 36.1 Å². The molecule has 244 valence electrons. The van der Waals surface area contributed by atoms with Gasteiger partial charge in [0.2, 0.25) is 5.95 Å². The van der Waals surface area contributed by atoms with E-state index in [2.05, 4.69) is 38.4 Å². The minimum Gasteiger partial charge on any atom is -0.387 e. The first-order valence-electron chi connectivity index (χ1n) is 12.4. The molecule has 2 aromatic rings. The van der Waals surface area contributed by atoms with Gasteiger partial charge >= 0.3 is 23.5 Å². The summed E-state index contributed by atoms with van der Waals surface area (Å²) >= 11 is 5.33. The Balaban J connectivity index is 1.65. The second-order valence-electron chi connectivity index (χ2n) is 8.98. The number of aliphatic hydroxyl groups excluding tert-OH is 2. The number of nitrogens with zero attached hydrogens (tertiary/aromatic N) is 4. The number of nitrogens with two attached hydrogens (primary N) is 2. The summed E-state index contributed by atoms with van der Waals surface area (Å²) in [6, 6.07) is 0. The SMILES string of the molecule is COP(=O)(OC[C@H]1O[C@@H](n2cnc3c(=S)nc(NCCCCCCN=C(N)N)[nH]c32)[C@@H](O)C1O)OP(=O)(O)OP(=O)(O)O. The predicted octanol–water partition coefficient (Wildman–Crippen LogP) is 0.351. The second kappa shape index (κ2) is 14.9. The molecule has 2 aromatic heterocycles. The molecule has 1 aliphatic heterocycles. The third kappa shape index (κ3) is 10.3. The van der Waals surface area contributed by atoms with Crippen LogP contribution >= 0.6 is 35.7 Å². The fourth-order valence-electron chi connectivity index (χ4n) is 3.86. The van der Waals surface area contributed by atoms with E-state index in [1.165, 1.54) is 10.9 Å². The van der Waals surface area contributed by atoms with E-state index in [0.29, 0.717) is 24.7 Å². The van der Waals surface area contributed by atoms with E-state index < -0.39 is 54.6 Å². The number of H-pyrrole nitrogens is 1. The van der Waals surface area contributed by atoms with Crippen LogP contribution in [0.15, 0.2) is 11.3 Å². The van der Waals surface area contributed by atoms with Crippen molar-refractivity contribution in [1.29, 1.82) is 0 Å². The van der Waals surface area contributed by atoms with Gasteiger partial charge in [-0.3, -0.25) is 18.6 Å². The Hall–Kier alpha value is -1.87. The number of ether oxygens (including phenoxy) is 1. The monoisotopic (exact) mass is 694 g/mol. The number of aliphatic hydroxyl groups is 2. The Labute approximate surface area is 249 Å². The molecule has 11 N–H and O–H groups in total. The number of phosphoric acid groups is 3. The summed E-state index contributed by atoms with van der Waals surface area (Å²) in [7, 11) is -15.4. The lowest BCUT2D eigenvalue weighted by molar-refractivity contribution is -0.0508. The van der Waals surface area contributed by atoms with Crippen molar-refractivity contribution in [3.8, 4) is 0 Å². The molecule has 1 fully saturated rings. The van der Waals surface area contributed by atoms with Gasteiger partial charge in [0, 0.05) is 20.2 Å². The number of aliphatic imine (C=N–C) groups is 1. The molecule has 1 saturated heterocycles. The number of nitrogens with one attached hydrogen (secondary N) is 2. The Morgan fingerprint density at radius 3 is 2.51 bits per heavy atom. The van der Waals surface area contributed by atoms with Gasteiger partial charge in [0.25, 0.3) is 0 Å². The van der Waals surface area contributed by atoms with Gasteiger partial charge in [-0.2, -0.15) is 8.62 Å². The van der Waals surface area contributed by atoms with E-state index in [4.69, 9.17) is 42.7 Å². The maximum atomic E-state index is 12.6. The van der Waals surface area contributed by atoms with E-state index in [1.807, 2.05) is 0 Å². The zero-order valence-electron chi connectivity index (χ0n) is 22.5. The topological polar surface area (TPSA) is 321 Å². The maximum Gasteiger partial charge on any atom is 0.490 e. The second-order valence-corrected chi connectivity index (χ2v) is 14.1. The van der Waals surface area contributed by atoms with Gasteiger partial charge in [0.1, 0.15) is 29.5 Å². The highest BCUT2D eigenvalue weighted by Crippen LogP contribution is 2.68. The van der Waals surface area contributed by atoms with Gasteiger partial charge in [0.15, 0.2) is 16.8 Å². The molecule has 0 amide bonds. The number of hydrogen-bond acceptors (Lipinski definition) is 15. The zero-order chi connectivity index (χ0) is 32.0. The third-order valence-corrected chi connectivity index (χ3v) is 10.3. The molecule has 0 aliphatic carbocycles. The summed E-state index contributed by atoms with van der Waals surface area (Å²) in [5, 5.41) is 24.4. The number of guanidine groups is 1. The van der Waals surface area contributed by atoms with Crippen LogP contribution in [0.2, 0.25) is 0 Å². The number of aromatic amines is 1. The summed E-state index contributed by atoms with van der Waals surface area (Å²) in [5.74, 6) is 0.374. The van der Waals surface area contributed by atoms with Crippen molar-refractivity contribution in [3.05, 3.63) is 11.0 Å². The lowest BCUT2D eigenvalue weighted by Gasteiger charge is -2.21. The van der Waals surface area contributed by atoms with Gasteiger partial charge in [-0.05, 0) is 12.8 Å². The molecule has 43 heavy (non-hydrogen) atoms. The van der Waals surface area contributed by atoms with E-state index in [9.17, 15) is 28.8 Å². The molecular weight excluding hydrogens is 661 g/mol. The lowest BCUT2D eigenvalue weighted by Crippen LogP contribution is -2.33. The first-order chi connectivity index (χ1) is 20.0. The number of anilines is 1. The molecular formula is C18H33N8O13P3S. The number of unbranched alkanes of at least 4 members (excludes halogenated alkanes) is 3. The summed E-state index contributed by atoms with van der Waals surface area (Å²) in [6.45, 7) is 0.279. The van der Waals surface area contributed by atoms with Crippen LogP contribution in [0.5, 0.6) is 0 Å². The highest BCUT2D eigenvalue weighted by molar-refractivity contribution is 7.71. The minimum atomic E-state index is -5.63. The largest absolute Gasteiger partial charge is 0.490 e. The van der Waals surface area contributed by atoms with Crippen molar-refractivity contribution in [1.82, 2.24) is 19.5 Å². The summed E-state index contributed by atoms with van der Waals surface area (Å²) in [4.78, 5) is 42.3. The Morgan fingerprint density at radius 1 is 1.16 bits per heavy atom. The van der Waals surface area contributed by atoms with Crippen LogP contribution in [0, 0.1) is 4.64 Å². The molecule has 21 nitrogen and oxygen atoms in total. The van der Waals surface area contributed by atoms with Crippen LogP contribution in [0.25, 0.3) is 11.2 Å². The minimum absolute atomic E-state index is 0.0577. The molecule has 25 heteroatoms. The van der Waals surface area contributed by atoms with Crippen LogP contribution in [0.1, 0.15) is 31.9 Å². The van der Waals surface area contributed by atoms with Crippen molar-refractivity contribution in [2.45, 2.75) is 50.2 Å². The van der Waals surface area contributed by atoms with Crippen LogP contribution in [-0.4, -0.2) is 95.5 Å². The number of imidazole rings is 1. The molecule has 3 unspecified atom stereocenters. The summed E-state index contributed by atoms with van der Waals surface area (Å²) in [5.41, 5.74) is 11.2. The molecule has 6 atom stereocenters. The molecule has 3 rings (SSSR count). The van der Waals surface area contributed by atoms with E-state index in [0.717, 1.165) is 32.8 Å². The smallest absolute Gasteiger partial charge is 0.387 e. The highest BCUT2D eigenvalue weighted by atomic mass is 32.1.